The number of rotatable bonds is 4. The Morgan fingerprint density at radius 1 is 1.00 bits per heavy atom. The molecule has 1 N–H and O–H groups in total. The Labute approximate surface area is 146 Å². The lowest BCUT2D eigenvalue weighted by atomic mass is 10.2. The van der Waals surface area contributed by atoms with Crippen LogP contribution in [0.3, 0.4) is 0 Å². The molecule has 0 saturated carbocycles. The summed E-state index contributed by atoms with van der Waals surface area (Å²) in [7, 11) is -3.14. The van der Waals surface area contributed by atoms with Gasteiger partial charge in [0.2, 0.25) is 5.91 Å². The minimum atomic E-state index is -3.14. The highest BCUT2D eigenvalue weighted by Gasteiger charge is 2.32. The summed E-state index contributed by atoms with van der Waals surface area (Å²) in [6.45, 7) is 12.2. The number of sulfone groups is 1. The van der Waals surface area contributed by atoms with Gasteiger partial charge >= 0.3 is 0 Å². The largest absolute Gasteiger partial charge is 0.340 e. The van der Waals surface area contributed by atoms with Gasteiger partial charge in [0.25, 0.3) is 0 Å². The van der Waals surface area contributed by atoms with E-state index >= 15 is 0 Å². The van der Waals surface area contributed by atoms with Crippen molar-refractivity contribution in [3.8, 4) is 0 Å². The molecule has 24 heavy (non-hydrogen) atoms. The van der Waals surface area contributed by atoms with Crippen LogP contribution in [0.2, 0.25) is 0 Å². The average molecular weight is 361 g/mol. The SMILES string of the molecule is CCN1CCN(CC)CCN(C(=O)CC2CNCCS2(=O)=O)CC1. The zero-order valence-electron chi connectivity index (χ0n) is 15.0. The molecule has 2 heterocycles. The third-order valence-electron chi connectivity index (χ3n) is 5.20. The first kappa shape index (κ1) is 19.6. The number of likely N-dealkylation sites (N-methyl/N-ethyl adjacent to an activating group) is 2. The molecule has 2 aliphatic heterocycles. The van der Waals surface area contributed by atoms with E-state index in [2.05, 4.69) is 29.0 Å². The van der Waals surface area contributed by atoms with Gasteiger partial charge < -0.3 is 20.0 Å². The molecule has 0 aromatic carbocycles. The molecule has 140 valence electrons. The van der Waals surface area contributed by atoms with Crippen molar-refractivity contribution in [1.82, 2.24) is 20.0 Å². The van der Waals surface area contributed by atoms with Crippen molar-refractivity contribution in [2.45, 2.75) is 25.5 Å². The first-order chi connectivity index (χ1) is 11.5. The number of nitrogens with zero attached hydrogens (tertiary/aromatic N) is 3. The fraction of sp³-hybridized carbons (Fsp3) is 0.938. The lowest BCUT2D eigenvalue weighted by molar-refractivity contribution is -0.131. The third kappa shape index (κ3) is 5.40. The van der Waals surface area contributed by atoms with Crippen LogP contribution in [0.5, 0.6) is 0 Å². The van der Waals surface area contributed by atoms with E-state index < -0.39 is 15.1 Å². The zero-order chi connectivity index (χ0) is 17.6. The second kappa shape index (κ2) is 9.12. The fourth-order valence-corrected chi connectivity index (χ4v) is 4.85. The van der Waals surface area contributed by atoms with E-state index in [4.69, 9.17) is 0 Å². The molecule has 8 heteroatoms. The second-order valence-electron chi connectivity index (χ2n) is 6.65. The summed E-state index contributed by atoms with van der Waals surface area (Å²) < 4.78 is 24.3. The Morgan fingerprint density at radius 3 is 2.04 bits per heavy atom. The van der Waals surface area contributed by atoms with Gasteiger partial charge in [-0.15, -0.1) is 0 Å². The molecule has 2 saturated heterocycles. The van der Waals surface area contributed by atoms with E-state index in [9.17, 15) is 13.2 Å². The molecule has 2 rings (SSSR count). The zero-order valence-corrected chi connectivity index (χ0v) is 15.9. The number of nitrogens with one attached hydrogen (secondary N) is 1. The van der Waals surface area contributed by atoms with Gasteiger partial charge in [-0.1, -0.05) is 13.8 Å². The van der Waals surface area contributed by atoms with Crippen LogP contribution in [0, 0.1) is 0 Å². The molecule has 1 unspecified atom stereocenters. The minimum Gasteiger partial charge on any atom is -0.340 e. The summed E-state index contributed by atoms with van der Waals surface area (Å²) in [6.07, 6.45) is 0.105. The van der Waals surface area contributed by atoms with E-state index in [1.165, 1.54) is 0 Å². The van der Waals surface area contributed by atoms with Crippen molar-refractivity contribution >= 4 is 15.7 Å². The summed E-state index contributed by atoms with van der Waals surface area (Å²) in [4.78, 5) is 19.3. The number of carbonyl (C=O) groups excluding carboxylic acids is 1. The fourth-order valence-electron chi connectivity index (χ4n) is 3.32. The molecule has 2 fully saturated rings. The molecule has 1 atom stereocenters. The molecular formula is C16H32N4O3S. The van der Waals surface area contributed by atoms with Gasteiger partial charge in [-0.25, -0.2) is 8.42 Å². The standard InChI is InChI=1S/C16H32N4O3S/c1-3-18-6-7-19(4-2)9-11-20(10-8-18)16(21)13-15-14-17-5-12-24(15,22)23/h15,17H,3-14H2,1-2H3. The van der Waals surface area contributed by atoms with E-state index in [1.54, 1.807) is 0 Å². The predicted molar refractivity (Wildman–Crippen MR) is 95.9 cm³/mol. The van der Waals surface area contributed by atoms with Crippen molar-refractivity contribution in [3.63, 3.8) is 0 Å². The Kier molecular flexibility index (Phi) is 7.46. The van der Waals surface area contributed by atoms with Crippen LogP contribution in [0.4, 0.5) is 0 Å². The highest BCUT2D eigenvalue weighted by atomic mass is 32.2. The molecule has 0 radical (unpaired) electrons. The Bertz CT molecular complexity index is 495. The van der Waals surface area contributed by atoms with Crippen LogP contribution in [-0.2, 0) is 14.6 Å². The van der Waals surface area contributed by atoms with Gasteiger partial charge in [0.15, 0.2) is 9.84 Å². The predicted octanol–water partition coefficient (Wildman–Crippen LogP) is -0.751. The summed E-state index contributed by atoms with van der Waals surface area (Å²) in [5.41, 5.74) is 0. The molecule has 0 aromatic heterocycles. The van der Waals surface area contributed by atoms with Crippen LogP contribution in [0.15, 0.2) is 0 Å². The molecule has 0 aromatic rings. The van der Waals surface area contributed by atoms with Crippen molar-refractivity contribution in [2.75, 3.05) is 71.2 Å². The Balaban J connectivity index is 1.99. The van der Waals surface area contributed by atoms with Crippen molar-refractivity contribution < 1.29 is 13.2 Å². The van der Waals surface area contributed by atoms with Crippen LogP contribution < -0.4 is 5.32 Å². The lowest BCUT2D eigenvalue weighted by Crippen LogP contribution is -2.48. The quantitative estimate of drug-likeness (QED) is 0.711. The summed E-state index contributed by atoms with van der Waals surface area (Å²) in [5, 5.41) is 2.52. The van der Waals surface area contributed by atoms with Crippen LogP contribution >= 0.6 is 0 Å². The van der Waals surface area contributed by atoms with E-state index in [-0.39, 0.29) is 18.1 Å². The van der Waals surface area contributed by atoms with Crippen molar-refractivity contribution in [2.24, 2.45) is 0 Å². The smallest absolute Gasteiger partial charge is 0.224 e. The maximum Gasteiger partial charge on any atom is 0.224 e. The topological polar surface area (TPSA) is 73.0 Å². The molecule has 2 aliphatic rings. The number of hydrogen-bond acceptors (Lipinski definition) is 6. The Hall–Kier alpha value is -0.700. The number of hydrogen-bond donors (Lipinski definition) is 1. The molecular weight excluding hydrogens is 328 g/mol. The van der Waals surface area contributed by atoms with Crippen LogP contribution in [-0.4, -0.2) is 105 Å². The van der Waals surface area contributed by atoms with E-state index in [0.29, 0.717) is 26.2 Å². The van der Waals surface area contributed by atoms with Gasteiger partial charge in [-0.3, -0.25) is 4.79 Å². The van der Waals surface area contributed by atoms with Crippen LogP contribution in [0.25, 0.3) is 0 Å². The first-order valence-electron chi connectivity index (χ1n) is 9.11. The monoisotopic (exact) mass is 360 g/mol. The summed E-state index contributed by atoms with van der Waals surface area (Å²) in [5.74, 6) is 0.110. The third-order valence-corrected chi connectivity index (χ3v) is 7.32. The number of amides is 1. The average Bonchev–Trinajstić information content (AvgIpc) is 2.66. The molecule has 0 spiro atoms. The van der Waals surface area contributed by atoms with Gasteiger partial charge in [0.1, 0.15) is 0 Å². The van der Waals surface area contributed by atoms with Crippen molar-refractivity contribution in [3.05, 3.63) is 0 Å². The van der Waals surface area contributed by atoms with Gasteiger partial charge in [0, 0.05) is 58.8 Å². The highest BCUT2D eigenvalue weighted by Crippen LogP contribution is 2.13. The summed E-state index contributed by atoms with van der Waals surface area (Å²) >= 11 is 0. The first-order valence-corrected chi connectivity index (χ1v) is 10.8. The maximum absolute atomic E-state index is 12.7. The van der Waals surface area contributed by atoms with Gasteiger partial charge in [-0.05, 0) is 13.1 Å². The second-order valence-corrected chi connectivity index (χ2v) is 9.05. The minimum absolute atomic E-state index is 0.0266. The Morgan fingerprint density at radius 2 is 1.54 bits per heavy atom. The molecule has 0 bridgehead atoms. The molecule has 7 nitrogen and oxygen atoms in total. The van der Waals surface area contributed by atoms with Gasteiger partial charge in [-0.2, -0.15) is 0 Å². The van der Waals surface area contributed by atoms with Gasteiger partial charge in [0.05, 0.1) is 11.0 Å². The van der Waals surface area contributed by atoms with E-state index in [0.717, 1.165) is 39.3 Å². The van der Waals surface area contributed by atoms with E-state index in [1.807, 2.05) is 4.90 Å². The summed E-state index contributed by atoms with van der Waals surface area (Å²) in [6, 6.07) is 0. The van der Waals surface area contributed by atoms with Crippen molar-refractivity contribution in [1.29, 1.82) is 0 Å². The normalized spacial score (nSPS) is 27.2. The lowest BCUT2D eigenvalue weighted by Gasteiger charge is -2.28. The molecule has 1 amide bonds. The molecule has 0 aliphatic carbocycles. The highest BCUT2D eigenvalue weighted by molar-refractivity contribution is 7.92. The van der Waals surface area contributed by atoms with Crippen LogP contribution in [0.1, 0.15) is 20.3 Å². The number of carbonyl (C=O) groups is 1. The maximum atomic E-state index is 12.7.